The Labute approximate surface area is 87.6 Å². The Bertz CT molecular complexity index is 146. The Morgan fingerprint density at radius 3 is 2.21 bits per heavy atom. The first-order chi connectivity index (χ1) is 6.95. The van der Waals surface area contributed by atoms with Gasteiger partial charge in [0.05, 0.1) is 13.2 Å². The Morgan fingerprint density at radius 1 is 0.929 bits per heavy atom. The third kappa shape index (κ3) is 3.25. The van der Waals surface area contributed by atoms with Crippen molar-refractivity contribution in [3.8, 4) is 0 Å². The second-order valence-electron chi connectivity index (χ2n) is 4.77. The van der Waals surface area contributed by atoms with Crippen LogP contribution >= 0.6 is 0 Å². The molecular weight excluding hydrogens is 174 g/mol. The van der Waals surface area contributed by atoms with E-state index in [1.807, 2.05) is 0 Å². The maximum Gasteiger partial charge on any atom is 0.0594 e. The van der Waals surface area contributed by atoms with E-state index in [1.54, 1.807) is 0 Å². The van der Waals surface area contributed by atoms with Crippen LogP contribution < -0.4 is 0 Å². The molecule has 2 fully saturated rings. The Kier molecular flexibility index (Phi) is 4.26. The summed E-state index contributed by atoms with van der Waals surface area (Å²) in [4.78, 5) is 2.60. The summed E-state index contributed by atoms with van der Waals surface area (Å²) in [6.07, 6.45) is 8.82. The van der Waals surface area contributed by atoms with Gasteiger partial charge in [0.15, 0.2) is 0 Å². The lowest BCUT2D eigenvalue weighted by molar-refractivity contribution is 0.0295. The van der Waals surface area contributed by atoms with E-state index in [9.17, 15) is 0 Å². The van der Waals surface area contributed by atoms with Gasteiger partial charge in [0.1, 0.15) is 0 Å². The van der Waals surface area contributed by atoms with E-state index in [2.05, 4.69) is 4.90 Å². The smallest absolute Gasteiger partial charge is 0.0594 e. The van der Waals surface area contributed by atoms with Gasteiger partial charge in [-0.1, -0.05) is 25.7 Å². The Morgan fingerprint density at radius 2 is 1.57 bits per heavy atom. The van der Waals surface area contributed by atoms with E-state index in [1.165, 1.54) is 45.1 Å². The Hall–Kier alpha value is -0.0800. The van der Waals surface area contributed by atoms with Crippen LogP contribution in [0.5, 0.6) is 0 Å². The van der Waals surface area contributed by atoms with E-state index >= 15 is 0 Å². The first-order valence-electron chi connectivity index (χ1n) is 6.25. The van der Waals surface area contributed by atoms with Crippen molar-refractivity contribution < 1.29 is 4.74 Å². The van der Waals surface area contributed by atoms with Crippen LogP contribution in [0.15, 0.2) is 0 Å². The molecule has 2 aliphatic rings. The largest absolute Gasteiger partial charge is 0.379 e. The molecule has 2 rings (SSSR count). The highest BCUT2D eigenvalue weighted by atomic mass is 16.5. The molecule has 0 amide bonds. The first kappa shape index (κ1) is 10.4. The van der Waals surface area contributed by atoms with E-state index in [0.29, 0.717) is 0 Å². The fourth-order valence-corrected chi connectivity index (χ4v) is 2.70. The van der Waals surface area contributed by atoms with Gasteiger partial charge in [-0.15, -0.1) is 0 Å². The number of morpholine rings is 1. The molecule has 0 unspecified atom stereocenters. The van der Waals surface area contributed by atoms with E-state index < -0.39 is 0 Å². The SMILES string of the molecule is C1CCCC(CN2CCOCC2)CC1. The minimum Gasteiger partial charge on any atom is -0.379 e. The second-order valence-corrected chi connectivity index (χ2v) is 4.77. The third-order valence-electron chi connectivity index (χ3n) is 3.59. The molecule has 1 aliphatic heterocycles. The highest BCUT2D eigenvalue weighted by Crippen LogP contribution is 2.23. The molecule has 0 aromatic rings. The van der Waals surface area contributed by atoms with E-state index in [4.69, 9.17) is 4.74 Å². The summed E-state index contributed by atoms with van der Waals surface area (Å²) in [5.74, 6) is 0.982. The molecule has 0 radical (unpaired) electrons. The maximum atomic E-state index is 5.37. The van der Waals surface area contributed by atoms with Gasteiger partial charge < -0.3 is 4.74 Å². The number of nitrogens with zero attached hydrogens (tertiary/aromatic N) is 1. The van der Waals surface area contributed by atoms with Crippen LogP contribution in [0, 0.1) is 5.92 Å². The quantitative estimate of drug-likeness (QED) is 0.630. The maximum absolute atomic E-state index is 5.37. The summed E-state index contributed by atoms with van der Waals surface area (Å²) in [6.45, 7) is 5.57. The van der Waals surface area contributed by atoms with Crippen molar-refractivity contribution in [2.75, 3.05) is 32.8 Å². The standard InChI is InChI=1S/C12H23NO/c1-2-4-6-12(5-3-1)11-13-7-9-14-10-8-13/h12H,1-11H2. The predicted octanol–water partition coefficient (Wildman–Crippen LogP) is 2.29. The molecule has 0 aromatic carbocycles. The van der Waals surface area contributed by atoms with Crippen LogP contribution in [0.2, 0.25) is 0 Å². The molecule has 0 aromatic heterocycles. The molecule has 0 atom stereocenters. The van der Waals surface area contributed by atoms with Crippen LogP contribution in [-0.4, -0.2) is 37.7 Å². The predicted molar refractivity (Wildman–Crippen MR) is 58.5 cm³/mol. The average molecular weight is 197 g/mol. The normalized spacial score (nSPS) is 27.4. The zero-order valence-electron chi connectivity index (χ0n) is 9.21. The fourth-order valence-electron chi connectivity index (χ4n) is 2.70. The lowest BCUT2D eigenvalue weighted by Gasteiger charge is -2.30. The van der Waals surface area contributed by atoms with Gasteiger partial charge in [0.2, 0.25) is 0 Å². The highest BCUT2D eigenvalue weighted by molar-refractivity contribution is 4.71. The Balaban J connectivity index is 1.71. The average Bonchev–Trinajstić information content (AvgIpc) is 2.48. The molecule has 0 spiro atoms. The second kappa shape index (κ2) is 5.72. The molecule has 2 heteroatoms. The molecule has 1 aliphatic carbocycles. The van der Waals surface area contributed by atoms with E-state index in [0.717, 1.165) is 32.2 Å². The topological polar surface area (TPSA) is 12.5 Å². The first-order valence-corrected chi connectivity index (χ1v) is 6.25. The fraction of sp³-hybridized carbons (Fsp3) is 1.00. The number of ether oxygens (including phenoxy) is 1. The van der Waals surface area contributed by atoms with Gasteiger partial charge in [-0.3, -0.25) is 4.90 Å². The summed E-state index contributed by atoms with van der Waals surface area (Å²) in [5.41, 5.74) is 0. The molecule has 2 nitrogen and oxygen atoms in total. The molecule has 1 saturated heterocycles. The summed E-state index contributed by atoms with van der Waals surface area (Å²) >= 11 is 0. The molecule has 14 heavy (non-hydrogen) atoms. The zero-order valence-corrected chi connectivity index (χ0v) is 9.21. The lowest BCUT2D eigenvalue weighted by atomic mass is 10.00. The molecule has 82 valence electrons. The summed E-state index contributed by atoms with van der Waals surface area (Å²) in [7, 11) is 0. The van der Waals surface area contributed by atoms with Gasteiger partial charge in [-0.05, 0) is 18.8 Å². The van der Waals surface area contributed by atoms with Crippen LogP contribution in [0.3, 0.4) is 0 Å². The van der Waals surface area contributed by atoms with Crippen molar-refractivity contribution in [3.63, 3.8) is 0 Å². The van der Waals surface area contributed by atoms with E-state index in [-0.39, 0.29) is 0 Å². The van der Waals surface area contributed by atoms with Gasteiger partial charge >= 0.3 is 0 Å². The molecular formula is C12H23NO. The monoisotopic (exact) mass is 197 g/mol. The highest BCUT2D eigenvalue weighted by Gasteiger charge is 2.17. The van der Waals surface area contributed by atoms with Gasteiger partial charge in [0.25, 0.3) is 0 Å². The summed E-state index contributed by atoms with van der Waals surface area (Å²) in [5, 5.41) is 0. The molecule has 1 heterocycles. The van der Waals surface area contributed by atoms with Crippen molar-refractivity contribution in [1.29, 1.82) is 0 Å². The molecule has 1 saturated carbocycles. The minimum absolute atomic E-state index is 0.951. The zero-order chi connectivity index (χ0) is 9.64. The van der Waals surface area contributed by atoms with Crippen LogP contribution in [0.25, 0.3) is 0 Å². The van der Waals surface area contributed by atoms with Crippen molar-refractivity contribution in [2.45, 2.75) is 38.5 Å². The molecule has 0 bridgehead atoms. The van der Waals surface area contributed by atoms with Crippen molar-refractivity contribution in [3.05, 3.63) is 0 Å². The number of hydrogen-bond donors (Lipinski definition) is 0. The van der Waals surface area contributed by atoms with Crippen molar-refractivity contribution in [2.24, 2.45) is 5.92 Å². The third-order valence-corrected chi connectivity index (χ3v) is 3.59. The van der Waals surface area contributed by atoms with Gasteiger partial charge in [-0.25, -0.2) is 0 Å². The van der Waals surface area contributed by atoms with Gasteiger partial charge in [-0.2, -0.15) is 0 Å². The number of hydrogen-bond acceptors (Lipinski definition) is 2. The number of rotatable bonds is 2. The van der Waals surface area contributed by atoms with Crippen molar-refractivity contribution >= 4 is 0 Å². The minimum atomic E-state index is 0.951. The van der Waals surface area contributed by atoms with Crippen molar-refractivity contribution in [1.82, 2.24) is 4.90 Å². The van der Waals surface area contributed by atoms with Crippen LogP contribution in [0.4, 0.5) is 0 Å². The lowest BCUT2D eigenvalue weighted by Crippen LogP contribution is -2.39. The van der Waals surface area contributed by atoms with Crippen LogP contribution in [-0.2, 0) is 4.74 Å². The molecule has 0 N–H and O–H groups in total. The summed E-state index contributed by atoms with van der Waals surface area (Å²) in [6, 6.07) is 0. The van der Waals surface area contributed by atoms with Crippen LogP contribution in [0.1, 0.15) is 38.5 Å². The van der Waals surface area contributed by atoms with Gasteiger partial charge in [0, 0.05) is 19.6 Å². The summed E-state index contributed by atoms with van der Waals surface area (Å²) < 4.78 is 5.37.